The minimum atomic E-state index is -2.87. The third-order valence-corrected chi connectivity index (χ3v) is 3.71. The van der Waals surface area contributed by atoms with Crippen molar-refractivity contribution in [1.29, 1.82) is 0 Å². The third-order valence-electron chi connectivity index (χ3n) is 2.66. The molecule has 2 aromatic rings. The van der Waals surface area contributed by atoms with Gasteiger partial charge in [0.1, 0.15) is 5.75 Å². The van der Waals surface area contributed by atoms with Gasteiger partial charge < -0.3 is 9.84 Å². The predicted molar refractivity (Wildman–Crippen MR) is 76.0 cm³/mol. The zero-order valence-corrected chi connectivity index (χ0v) is 11.6. The van der Waals surface area contributed by atoms with Crippen molar-refractivity contribution in [3.8, 4) is 5.75 Å². The molecule has 0 bridgehead atoms. The monoisotopic (exact) mass is 310 g/mol. The average molecular weight is 310 g/mol. The Labute approximate surface area is 124 Å². The first-order valence-corrected chi connectivity index (χ1v) is 7.03. The number of halogens is 2. The van der Waals surface area contributed by atoms with Crippen molar-refractivity contribution >= 4 is 17.7 Å². The fraction of sp³-hybridized carbons (Fsp3) is 0.133. The summed E-state index contributed by atoms with van der Waals surface area (Å²) in [7, 11) is 0. The van der Waals surface area contributed by atoms with E-state index in [-0.39, 0.29) is 11.3 Å². The molecule has 0 aliphatic carbocycles. The Bertz CT molecular complexity index is 632. The number of carboxylic acids is 1. The molecule has 21 heavy (non-hydrogen) atoms. The van der Waals surface area contributed by atoms with Crippen LogP contribution in [0.1, 0.15) is 15.9 Å². The molecule has 0 aromatic heterocycles. The Morgan fingerprint density at radius 1 is 1.19 bits per heavy atom. The Morgan fingerprint density at radius 3 is 2.67 bits per heavy atom. The van der Waals surface area contributed by atoms with Gasteiger partial charge in [-0.3, -0.25) is 0 Å². The van der Waals surface area contributed by atoms with Crippen LogP contribution < -0.4 is 4.74 Å². The summed E-state index contributed by atoms with van der Waals surface area (Å²) in [5.74, 6) is -0.459. The molecular weight excluding hydrogens is 298 g/mol. The molecule has 0 unspecified atom stereocenters. The second-order valence-electron chi connectivity index (χ2n) is 4.11. The Hall–Kier alpha value is -2.08. The van der Waals surface area contributed by atoms with Crippen LogP contribution in [0.5, 0.6) is 5.75 Å². The molecule has 0 aliphatic rings. The third kappa shape index (κ3) is 4.46. The van der Waals surface area contributed by atoms with E-state index >= 15 is 0 Å². The summed E-state index contributed by atoms with van der Waals surface area (Å²) in [6.45, 7) is -2.87. The summed E-state index contributed by atoms with van der Waals surface area (Å²) in [6, 6.07) is 13.0. The normalized spacial score (nSPS) is 10.6. The Balaban J connectivity index is 2.09. The number of hydrogen-bond donors (Lipinski definition) is 1. The van der Waals surface area contributed by atoms with Crippen molar-refractivity contribution < 1.29 is 23.4 Å². The molecule has 0 saturated carbocycles. The molecular formula is C15H12F2O3S. The summed E-state index contributed by atoms with van der Waals surface area (Å²) in [6.07, 6.45) is 0. The average Bonchev–Trinajstić information content (AvgIpc) is 2.46. The molecule has 2 aromatic carbocycles. The first kappa shape index (κ1) is 15.3. The van der Waals surface area contributed by atoms with Crippen LogP contribution >= 0.6 is 11.8 Å². The zero-order valence-electron chi connectivity index (χ0n) is 10.8. The lowest BCUT2D eigenvalue weighted by Crippen LogP contribution is -2.03. The number of benzene rings is 2. The highest BCUT2D eigenvalue weighted by Gasteiger charge is 2.10. The highest BCUT2D eigenvalue weighted by molar-refractivity contribution is 7.98. The standard InChI is InChI=1S/C15H12F2O3S/c16-15(17)20-13-7-2-1-4-11(13)9-21-12-6-3-5-10(8-12)14(18)19/h1-8,15H,9H2,(H,18,19). The molecule has 0 fully saturated rings. The number of hydrogen-bond acceptors (Lipinski definition) is 3. The van der Waals surface area contributed by atoms with E-state index in [0.717, 1.165) is 4.90 Å². The second kappa shape index (κ2) is 7.08. The van der Waals surface area contributed by atoms with Crippen molar-refractivity contribution in [1.82, 2.24) is 0 Å². The highest BCUT2D eigenvalue weighted by Crippen LogP contribution is 2.29. The van der Waals surface area contributed by atoms with E-state index in [1.54, 1.807) is 36.4 Å². The molecule has 0 heterocycles. The van der Waals surface area contributed by atoms with Crippen LogP contribution in [0.25, 0.3) is 0 Å². The van der Waals surface area contributed by atoms with Crippen molar-refractivity contribution in [3.05, 3.63) is 59.7 Å². The molecule has 3 nitrogen and oxygen atoms in total. The number of rotatable bonds is 6. The van der Waals surface area contributed by atoms with Gasteiger partial charge in [0, 0.05) is 16.2 Å². The van der Waals surface area contributed by atoms with Crippen LogP contribution in [0, 0.1) is 0 Å². The summed E-state index contributed by atoms with van der Waals surface area (Å²) in [5, 5.41) is 8.93. The van der Waals surface area contributed by atoms with Gasteiger partial charge in [-0.25, -0.2) is 4.79 Å². The maximum absolute atomic E-state index is 12.3. The summed E-state index contributed by atoms with van der Waals surface area (Å²) in [4.78, 5) is 11.6. The van der Waals surface area contributed by atoms with E-state index < -0.39 is 12.6 Å². The molecule has 0 radical (unpaired) electrons. The first-order valence-electron chi connectivity index (χ1n) is 6.05. The molecule has 0 saturated heterocycles. The Morgan fingerprint density at radius 2 is 1.95 bits per heavy atom. The van der Waals surface area contributed by atoms with Crippen molar-refractivity contribution in [2.45, 2.75) is 17.3 Å². The minimum absolute atomic E-state index is 0.134. The van der Waals surface area contributed by atoms with Gasteiger partial charge in [0.25, 0.3) is 0 Å². The molecule has 2 rings (SSSR count). The number of alkyl halides is 2. The lowest BCUT2D eigenvalue weighted by Gasteiger charge is -2.10. The largest absolute Gasteiger partial charge is 0.478 e. The second-order valence-corrected chi connectivity index (χ2v) is 5.16. The summed E-state index contributed by atoms with van der Waals surface area (Å²) in [5.41, 5.74) is 0.820. The van der Waals surface area contributed by atoms with Crippen molar-refractivity contribution in [2.75, 3.05) is 0 Å². The van der Waals surface area contributed by atoms with E-state index in [1.165, 1.54) is 23.9 Å². The smallest absolute Gasteiger partial charge is 0.387 e. The van der Waals surface area contributed by atoms with Gasteiger partial charge in [-0.05, 0) is 24.3 Å². The Kier molecular flexibility index (Phi) is 5.16. The van der Waals surface area contributed by atoms with Crippen LogP contribution in [-0.2, 0) is 5.75 Å². The fourth-order valence-corrected chi connectivity index (χ4v) is 2.66. The van der Waals surface area contributed by atoms with Gasteiger partial charge >= 0.3 is 12.6 Å². The lowest BCUT2D eigenvalue weighted by molar-refractivity contribution is -0.0503. The van der Waals surface area contributed by atoms with E-state index in [4.69, 9.17) is 5.11 Å². The number of para-hydroxylation sites is 1. The van der Waals surface area contributed by atoms with Crippen LogP contribution in [0.15, 0.2) is 53.4 Å². The molecule has 0 amide bonds. The molecule has 0 aliphatic heterocycles. The molecule has 1 N–H and O–H groups in total. The van der Waals surface area contributed by atoms with Gasteiger partial charge in [0.2, 0.25) is 0 Å². The molecule has 0 spiro atoms. The van der Waals surface area contributed by atoms with Gasteiger partial charge in [0.05, 0.1) is 5.56 Å². The number of ether oxygens (including phenoxy) is 1. The topological polar surface area (TPSA) is 46.5 Å². The highest BCUT2D eigenvalue weighted by atomic mass is 32.2. The van der Waals surface area contributed by atoms with E-state index in [0.29, 0.717) is 11.3 Å². The molecule has 110 valence electrons. The van der Waals surface area contributed by atoms with E-state index in [9.17, 15) is 13.6 Å². The first-order chi connectivity index (χ1) is 10.1. The van der Waals surface area contributed by atoms with Crippen molar-refractivity contribution in [2.24, 2.45) is 0 Å². The number of aromatic carboxylic acids is 1. The van der Waals surface area contributed by atoms with Crippen molar-refractivity contribution in [3.63, 3.8) is 0 Å². The number of thioether (sulfide) groups is 1. The maximum Gasteiger partial charge on any atom is 0.387 e. The molecule has 0 atom stereocenters. The zero-order chi connectivity index (χ0) is 15.2. The van der Waals surface area contributed by atoms with Crippen LogP contribution in [0.3, 0.4) is 0 Å². The minimum Gasteiger partial charge on any atom is -0.478 e. The van der Waals surface area contributed by atoms with Gasteiger partial charge in [-0.2, -0.15) is 8.78 Å². The number of carbonyl (C=O) groups is 1. The molecule has 6 heteroatoms. The predicted octanol–water partition coefficient (Wildman–Crippen LogP) is 4.28. The maximum atomic E-state index is 12.3. The van der Waals surface area contributed by atoms with Crippen LogP contribution in [0.4, 0.5) is 8.78 Å². The van der Waals surface area contributed by atoms with E-state index in [2.05, 4.69) is 4.74 Å². The van der Waals surface area contributed by atoms with Crippen LogP contribution in [-0.4, -0.2) is 17.7 Å². The SMILES string of the molecule is O=C(O)c1cccc(SCc2ccccc2OC(F)F)c1. The van der Waals surface area contributed by atoms with E-state index in [1.807, 2.05) is 0 Å². The number of carboxylic acid groups (broad SMARTS) is 1. The summed E-state index contributed by atoms with van der Waals surface area (Å²) >= 11 is 1.36. The van der Waals surface area contributed by atoms with Gasteiger partial charge in [0.15, 0.2) is 0 Å². The summed E-state index contributed by atoms with van der Waals surface area (Å²) < 4.78 is 29.1. The fourth-order valence-electron chi connectivity index (χ4n) is 1.71. The van der Waals surface area contributed by atoms with Gasteiger partial charge in [-0.15, -0.1) is 11.8 Å². The quantitative estimate of drug-likeness (QED) is 0.809. The van der Waals surface area contributed by atoms with Crippen LogP contribution in [0.2, 0.25) is 0 Å². The van der Waals surface area contributed by atoms with Gasteiger partial charge in [-0.1, -0.05) is 24.3 Å². The lowest BCUT2D eigenvalue weighted by atomic mass is 10.2.